The minimum absolute atomic E-state index is 0.115. The second-order valence-electron chi connectivity index (χ2n) is 3.12. The van der Waals surface area contributed by atoms with Crippen LogP contribution in [0.15, 0.2) is 6.20 Å². The molecule has 1 heterocycles. The Morgan fingerprint density at radius 3 is 2.75 bits per heavy atom. The molecule has 0 saturated carbocycles. The first-order valence-electron chi connectivity index (χ1n) is 4.69. The lowest BCUT2D eigenvalue weighted by Crippen LogP contribution is -2.11. The van der Waals surface area contributed by atoms with Gasteiger partial charge in [0.25, 0.3) is 6.43 Å². The maximum atomic E-state index is 12.4. The van der Waals surface area contributed by atoms with Gasteiger partial charge in [-0.1, -0.05) is 0 Å². The van der Waals surface area contributed by atoms with E-state index in [1.165, 1.54) is 6.92 Å². The predicted molar refractivity (Wildman–Crippen MR) is 54.3 cm³/mol. The number of nitrogens with two attached hydrogens (primary N) is 1. The van der Waals surface area contributed by atoms with Crippen LogP contribution in [0.25, 0.3) is 0 Å². The first-order chi connectivity index (χ1) is 7.49. The zero-order valence-corrected chi connectivity index (χ0v) is 8.96. The van der Waals surface area contributed by atoms with Gasteiger partial charge >= 0.3 is 5.97 Å². The third kappa shape index (κ3) is 2.26. The molecular formula is C10H12F2N2O2. The molecule has 0 saturated heterocycles. The van der Waals surface area contributed by atoms with Crippen molar-refractivity contribution in [3.63, 3.8) is 0 Å². The number of carbonyl (C=O) groups is 1. The van der Waals surface area contributed by atoms with Crippen molar-refractivity contribution in [3.05, 3.63) is 23.0 Å². The second-order valence-corrected chi connectivity index (χ2v) is 3.12. The number of ether oxygens (including phenoxy) is 1. The smallest absolute Gasteiger partial charge is 0.340 e. The van der Waals surface area contributed by atoms with Crippen LogP contribution in [-0.2, 0) is 4.74 Å². The molecule has 0 aliphatic carbocycles. The summed E-state index contributed by atoms with van der Waals surface area (Å²) < 4.78 is 29.6. The Balaban J connectivity index is 3.16. The van der Waals surface area contributed by atoms with E-state index in [4.69, 9.17) is 10.5 Å². The van der Waals surface area contributed by atoms with Crippen LogP contribution in [0.3, 0.4) is 0 Å². The molecule has 0 fully saturated rings. The van der Waals surface area contributed by atoms with Crippen LogP contribution in [0.1, 0.15) is 35.0 Å². The van der Waals surface area contributed by atoms with Gasteiger partial charge in [0.05, 0.1) is 17.9 Å². The van der Waals surface area contributed by atoms with Crippen LogP contribution in [0.4, 0.5) is 14.5 Å². The van der Waals surface area contributed by atoms with E-state index in [0.717, 1.165) is 6.20 Å². The van der Waals surface area contributed by atoms with Gasteiger partial charge in [-0.05, 0) is 19.4 Å². The Kier molecular flexibility index (Phi) is 3.76. The lowest BCUT2D eigenvalue weighted by Gasteiger charge is -2.10. The van der Waals surface area contributed by atoms with Gasteiger partial charge in [0.15, 0.2) is 0 Å². The number of esters is 1. The third-order valence-corrected chi connectivity index (χ3v) is 2.12. The van der Waals surface area contributed by atoms with Crippen LogP contribution in [-0.4, -0.2) is 17.6 Å². The summed E-state index contributed by atoms with van der Waals surface area (Å²) in [7, 11) is 0. The lowest BCUT2D eigenvalue weighted by atomic mass is 10.1. The molecule has 0 spiro atoms. The molecule has 0 unspecified atom stereocenters. The molecule has 4 nitrogen and oxygen atoms in total. The summed E-state index contributed by atoms with van der Waals surface area (Å²) in [6.07, 6.45) is -1.69. The molecule has 16 heavy (non-hydrogen) atoms. The maximum Gasteiger partial charge on any atom is 0.340 e. The highest BCUT2D eigenvalue weighted by molar-refractivity contribution is 5.92. The Labute approximate surface area is 91.4 Å². The van der Waals surface area contributed by atoms with Gasteiger partial charge in [0.1, 0.15) is 5.69 Å². The largest absolute Gasteiger partial charge is 0.462 e. The Hall–Kier alpha value is -1.72. The van der Waals surface area contributed by atoms with Gasteiger partial charge in [0.2, 0.25) is 0 Å². The molecule has 1 aromatic heterocycles. The van der Waals surface area contributed by atoms with Crippen molar-refractivity contribution < 1.29 is 18.3 Å². The van der Waals surface area contributed by atoms with Crippen molar-refractivity contribution in [2.24, 2.45) is 0 Å². The van der Waals surface area contributed by atoms with Gasteiger partial charge in [0, 0.05) is 6.20 Å². The van der Waals surface area contributed by atoms with Crippen molar-refractivity contribution >= 4 is 11.7 Å². The van der Waals surface area contributed by atoms with E-state index >= 15 is 0 Å². The van der Waals surface area contributed by atoms with E-state index in [2.05, 4.69) is 4.98 Å². The molecule has 0 aromatic carbocycles. The molecule has 1 rings (SSSR count). The fraction of sp³-hybridized carbons (Fsp3) is 0.400. The average Bonchev–Trinajstić information content (AvgIpc) is 2.21. The highest BCUT2D eigenvalue weighted by Gasteiger charge is 2.20. The topological polar surface area (TPSA) is 65.2 Å². The van der Waals surface area contributed by atoms with Crippen LogP contribution < -0.4 is 5.73 Å². The molecule has 0 amide bonds. The first kappa shape index (κ1) is 12.4. The third-order valence-electron chi connectivity index (χ3n) is 2.12. The SMILES string of the molecule is CCOC(=O)c1cnc(C(F)F)c(N)c1C. The zero-order valence-electron chi connectivity index (χ0n) is 8.96. The fourth-order valence-corrected chi connectivity index (χ4v) is 1.23. The highest BCUT2D eigenvalue weighted by atomic mass is 19.3. The summed E-state index contributed by atoms with van der Waals surface area (Å²) >= 11 is 0. The summed E-state index contributed by atoms with van der Waals surface area (Å²) in [6, 6.07) is 0. The number of nitrogens with zero attached hydrogens (tertiary/aromatic N) is 1. The van der Waals surface area contributed by atoms with Gasteiger partial charge in [-0.25, -0.2) is 13.6 Å². The number of hydrogen-bond donors (Lipinski definition) is 1. The van der Waals surface area contributed by atoms with E-state index in [1.807, 2.05) is 0 Å². The van der Waals surface area contributed by atoms with Gasteiger partial charge < -0.3 is 10.5 Å². The summed E-state index contributed by atoms with van der Waals surface area (Å²) in [4.78, 5) is 14.9. The number of nitrogen functional groups attached to an aromatic ring is 1. The zero-order chi connectivity index (χ0) is 12.3. The van der Waals surface area contributed by atoms with Crippen molar-refractivity contribution in [1.82, 2.24) is 4.98 Å². The summed E-state index contributed by atoms with van der Waals surface area (Å²) in [6.45, 7) is 3.33. The molecule has 1 aromatic rings. The number of alkyl halides is 2. The molecule has 0 aliphatic heterocycles. The normalized spacial score (nSPS) is 10.6. The summed E-state index contributed by atoms with van der Waals surface area (Å²) in [5.41, 5.74) is 5.18. The number of aromatic nitrogens is 1. The van der Waals surface area contributed by atoms with Crippen LogP contribution >= 0.6 is 0 Å². The number of pyridine rings is 1. The monoisotopic (exact) mass is 230 g/mol. The van der Waals surface area contributed by atoms with Crippen molar-refractivity contribution in [2.75, 3.05) is 12.3 Å². The molecule has 88 valence electrons. The van der Waals surface area contributed by atoms with E-state index in [0.29, 0.717) is 0 Å². The first-order valence-corrected chi connectivity index (χ1v) is 4.69. The van der Waals surface area contributed by atoms with E-state index < -0.39 is 18.1 Å². The minimum atomic E-state index is -2.75. The molecule has 0 bridgehead atoms. The number of carbonyl (C=O) groups excluding carboxylic acids is 1. The van der Waals surface area contributed by atoms with E-state index in [9.17, 15) is 13.6 Å². The number of anilines is 1. The standard InChI is InChI=1S/C10H12F2N2O2/c1-3-16-10(15)6-4-14-8(9(11)12)7(13)5(6)2/h4,9H,3,13H2,1-2H3. The molecule has 0 atom stereocenters. The number of rotatable bonds is 3. The van der Waals surface area contributed by atoms with Crippen LogP contribution in [0.5, 0.6) is 0 Å². The van der Waals surface area contributed by atoms with Crippen molar-refractivity contribution in [1.29, 1.82) is 0 Å². The van der Waals surface area contributed by atoms with E-state index in [-0.39, 0.29) is 23.4 Å². The minimum Gasteiger partial charge on any atom is -0.462 e. The highest BCUT2D eigenvalue weighted by Crippen LogP contribution is 2.27. The molecular weight excluding hydrogens is 218 g/mol. The maximum absolute atomic E-state index is 12.4. The van der Waals surface area contributed by atoms with Crippen molar-refractivity contribution in [2.45, 2.75) is 20.3 Å². The Morgan fingerprint density at radius 1 is 1.62 bits per heavy atom. The van der Waals surface area contributed by atoms with E-state index in [1.54, 1.807) is 6.92 Å². The van der Waals surface area contributed by atoms with Crippen molar-refractivity contribution in [3.8, 4) is 0 Å². The summed E-state index contributed by atoms with van der Waals surface area (Å²) in [5.74, 6) is -0.611. The molecule has 0 aliphatic rings. The quantitative estimate of drug-likeness (QED) is 0.807. The second kappa shape index (κ2) is 4.87. The summed E-state index contributed by atoms with van der Waals surface area (Å²) in [5, 5.41) is 0. The average molecular weight is 230 g/mol. The molecule has 0 radical (unpaired) electrons. The fourth-order valence-electron chi connectivity index (χ4n) is 1.23. The Morgan fingerprint density at radius 2 is 2.25 bits per heavy atom. The number of hydrogen-bond acceptors (Lipinski definition) is 4. The number of halogens is 2. The molecule has 2 N–H and O–H groups in total. The van der Waals surface area contributed by atoms with Crippen LogP contribution in [0.2, 0.25) is 0 Å². The van der Waals surface area contributed by atoms with Gasteiger partial charge in [-0.15, -0.1) is 0 Å². The predicted octanol–water partition coefficient (Wildman–Crippen LogP) is 2.09. The van der Waals surface area contributed by atoms with Gasteiger partial charge in [-0.2, -0.15) is 0 Å². The van der Waals surface area contributed by atoms with Gasteiger partial charge in [-0.3, -0.25) is 4.98 Å². The molecule has 6 heteroatoms. The lowest BCUT2D eigenvalue weighted by molar-refractivity contribution is 0.0524. The van der Waals surface area contributed by atoms with Crippen LogP contribution in [0, 0.1) is 6.92 Å². The Bertz CT molecular complexity index is 408.